The van der Waals surface area contributed by atoms with E-state index in [0.717, 1.165) is 18.9 Å². The monoisotopic (exact) mass is 334 g/mol. The largest absolute Gasteiger partial charge is 0.336 e. The second-order valence-electron chi connectivity index (χ2n) is 5.90. The van der Waals surface area contributed by atoms with Gasteiger partial charge in [0.1, 0.15) is 11.6 Å². The summed E-state index contributed by atoms with van der Waals surface area (Å²) in [5.41, 5.74) is 0.376. The summed E-state index contributed by atoms with van der Waals surface area (Å²) in [6.45, 7) is 1.65. The Morgan fingerprint density at radius 2 is 2.21 bits per heavy atom. The maximum Gasteiger partial charge on any atom is 0.317 e. The zero-order valence-corrected chi connectivity index (χ0v) is 13.3. The van der Waals surface area contributed by atoms with Crippen LogP contribution in [0.5, 0.6) is 0 Å². The third-order valence-corrected chi connectivity index (χ3v) is 4.29. The van der Waals surface area contributed by atoms with Crippen molar-refractivity contribution >= 4 is 6.03 Å². The molecule has 1 atom stereocenters. The zero-order chi connectivity index (χ0) is 16.9. The number of nitrogens with zero attached hydrogens (tertiary/aromatic N) is 3. The number of rotatable bonds is 4. The molecule has 0 aliphatic carbocycles. The van der Waals surface area contributed by atoms with Gasteiger partial charge in [0.15, 0.2) is 0 Å². The summed E-state index contributed by atoms with van der Waals surface area (Å²) in [5.74, 6) is -1.21. The molecular formula is C17H20F2N4O. The molecule has 1 aromatic carbocycles. The topological polar surface area (TPSA) is 50.2 Å². The molecule has 1 fully saturated rings. The molecule has 2 amide bonds. The predicted molar refractivity (Wildman–Crippen MR) is 85.3 cm³/mol. The molecule has 0 bridgehead atoms. The molecule has 1 N–H and O–H groups in total. The standard InChI is InChI=1S/C17H20F2N4O/c18-13-4-5-14(15(19)11-13)16-3-1-2-8-23(16)17(24)21-7-10-22-9-6-20-12-22/h4-6,9,11-12,16H,1-3,7-8,10H2,(H,21,24)/t16-/m0/s1. The van der Waals surface area contributed by atoms with E-state index in [1.54, 1.807) is 17.4 Å². The lowest BCUT2D eigenvalue weighted by Crippen LogP contribution is -2.45. The number of halogens is 2. The minimum Gasteiger partial charge on any atom is -0.336 e. The minimum atomic E-state index is -0.608. The van der Waals surface area contributed by atoms with E-state index in [4.69, 9.17) is 0 Å². The summed E-state index contributed by atoms with van der Waals surface area (Å²) in [6, 6.07) is 2.98. The van der Waals surface area contributed by atoms with Crippen LogP contribution in [0.4, 0.5) is 13.6 Å². The summed E-state index contributed by atoms with van der Waals surface area (Å²) in [5, 5.41) is 2.86. The van der Waals surface area contributed by atoms with Crippen molar-refractivity contribution in [2.24, 2.45) is 0 Å². The van der Waals surface area contributed by atoms with Crippen LogP contribution in [0, 0.1) is 11.6 Å². The zero-order valence-electron chi connectivity index (χ0n) is 13.3. The molecule has 2 heterocycles. The number of hydrogen-bond acceptors (Lipinski definition) is 2. The number of benzene rings is 1. The number of nitrogens with one attached hydrogen (secondary N) is 1. The molecule has 24 heavy (non-hydrogen) atoms. The average molecular weight is 334 g/mol. The summed E-state index contributed by atoms with van der Waals surface area (Å²) in [4.78, 5) is 18.1. The first-order valence-electron chi connectivity index (χ1n) is 8.10. The van der Waals surface area contributed by atoms with E-state index in [-0.39, 0.29) is 12.1 Å². The van der Waals surface area contributed by atoms with Gasteiger partial charge in [-0.05, 0) is 25.3 Å². The normalized spacial score (nSPS) is 17.8. The molecule has 5 nitrogen and oxygen atoms in total. The van der Waals surface area contributed by atoms with Gasteiger partial charge in [-0.25, -0.2) is 18.6 Å². The highest BCUT2D eigenvalue weighted by Gasteiger charge is 2.29. The van der Waals surface area contributed by atoms with Crippen molar-refractivity contribution in [2.45, 2.75) is 31.8 Å². The third-order valence-electron chi connectivity index (χ3n) is 4.29. The average Bonchev–Trinajstić information content (AvgIpc) is 3.08. The molecule has 0 unspecified atom stereocenters. The van der Waals surface area contributed by atoms with Crippen LogP contribution >= 0.6 is 0 Å². The maximum absolute atomic E-state index is 14.1. The smallest absolute Gasteiger partial charge is 0.317 e. The van der Waals surface area contributed by atoms with Crippen molar-refractivity contribution in [3.8, 4) is 0 Å². The highest BCUT2D eigenvalue weighted by Crippen LogP contribution is 2.32. The van der Waals surface area contributed by atoms with Crippen LogP contribution < -0.4 is 5.32 Å². The van der Waals surface area contributed by atoms with Crippen LogP contribution in [0.3, 0.4) is 0 Å². The first kappa shape index (κ1) is 16.4. The van der Waals surface area contributed by atoms with Gasteiger partial charge in [0, 0.05) is 43.7 Å². The van der Waals surface area contributed by atoms with Crippen LogP contribution in [0.15, 0.2) is 36.9 Å². The van der Waals surface area contributed by atoms with Crippen molar-refractivity contribution in [3.05, 3.63) is 54.1 Å². The van der Waals surface area contributed by atoms with Crippen LogP contribution in [-0.2, 0) is 6.54 Å². The lowest BCUT2D eigenvalue weighted by molar-refractivity contribution is 0.149. The number of imidazole rings is 1. The molecule has 3 rings (SSSR count). The Balaban J connectivity index is 1.66. The summed E-state index contributed by atoms with van der Waals surface area (Å²) < 4.78 is 29.1. The Hall–Kier alpha value is -2.44. The van der Waals surface area contributed by atoms with E-state index >= 15 is 0 Å². The fourth-order valence-electron chi connectivity index (χ4n) is 3.08. The number of hydrogen-bond donors (Lipinski definition) is 1. The summed E-state index contributed by atoms with van der Waals surface area (Å²) >= 11 is 0. The Morgan fingerprint density at radius 3 is 2.96 bits per heavy atom. The quantitative estimate of drug-likeness (QED) is 0.934. The first-order chi connectivity index (χ1) is 11.6. The van der Waals surface area contributed by atoms with Crippen molar-refractivity contribution in [1.82, 2.24) is 19.8 Å². The molecular weight excluding hydrogens is 314 g/mol. The van der Waals surface area contributed by atoms with E-state index in [1.807, 2.05) is 10.8 Å². The van der Waals surface area contributed by atoms with Gasteiger partial charge in [0.25, 0.3) is 0 Å². The van der Waals surface area contributed by atoms with Gasteiger partial charge in [-0.3, -0.25) is 0 Å². The second-order valence-corrected chi connectivity index (χ2v) is 5.90. The Labute approximate surface area is 139 Å². The molecule has 1 aliphatic rings. The van der Waals surface area contributed by atoms with E-state index in [9.17, 15) is 13.6 Å². The Morgan fingerprint density at radius 1 is 1.33 bits per heavy atom. The van der Waals surface area contributed by atoms with Crippen molar-refractivity contribution in [1.29, 1.82) is 0 Å². The summed E-state index contributed by atoms with van der Waals surface area (Å²) in [6.07, 6.45) is 7.67. The second kappa shape index (κ2) is 7.42. The fraction of sp³-hybridized carbons (Fsp3) is 0.412. The number of aromatic nitrogens is 2. The molecule has 1 aliphatic heterocycles. The molecule has 128 valence electrons. The minimum absolute atomic E-state index is 0.219. The number of likely N-dealkylation sites (tertiary alicyclic amines) is 1. The highest BCUT2D eigenvalue weighted by molar-refractivity contribution is 5.74. The van der Waals surface area contributed by atoms with Gasteiger partial charge in [-0.1, -0.05) is 6.07 Å². The van der Waals surface area contributed by atoms with E-state index in [2.05, 4.69) is 10.3 Å². The van der Waals surface area contributed by atoms with Crippen LogP contribution in [-0.4, -0.2) is 33.6 Å². The summed E-state index contributed by atoms with van der Waals surface area (Å²) in [7, 11) is 0. The Bertz CT molecular complexity index is 690. The van der Waals surface area contributed by atoms with Gasteiger partial charge in [0.05, 0.1) is 12.4 Å². The number of carbonyl (C=O) groups is 1. The van der Waals surface area contributed by atoms with Gasteiger partial charge in [-0.15, -0.1) is 0 Å². The van der Waals surface area contributed by atoms with E-state index in [1.165, 1.54) is 12.1 Å². The SMILES string of the molecule is O=C(NCCn1ccnc1)N1CCCC[C@H]1c1ccc(F)cc1F. The van der Waals surface area contributed by atoms with E-state index in [0.29, 0.717) is 31.6 Å². The van der Waals surface area contributed by atoms with Crippen molar-refractivity contribution in [3.63, 3.8) is 0 Å². The first-order valence-corrected chi connectivity index (χ1v) is 8.10. The van der Waals surface area contributed by atoms with Crippen LogP contribution in [0.2, 0.25) is 0 Å². The molecule has 0 spiro atoms. The highest BCUT2D eigenvalue weighted by atomic mass is 19.1. The molecule has 0 radical (unpaired) electrons. The van der Waals surface area contributed by atoms with Gasteiger partial charge >= 0.3 is 6.03 Å². The molecule has 2 aromatic rings. The molecule has 1 aromatic heterocycles. The number of piperidine rings is 1. The number of urea groups is 1. The predicted octanol–water partition coefficient (Wildman–Crippen LogP) is 3.10. The lowest BCUT2D eigenvalue weighted by Gasteiger charge is -2.36. The number of amides is 2. The van der Waals surface area contributed by atoms with Gasteiger partial charge < -0.3 is 14.8 Å². The lowest BCUT2D eigenvalue weighted by atomic mass is 9.95. The van der Waals surface area contributed by atoms with Gasteiger partial charge in [-0.2, -0.15) is 0 Å². The van der Waals surface area contributed by atoms with Gasteiger partial charge in [0.2, 0.25) is 0 Å². The van der Waals surface area contributed by atoms with Crippen molar-refractivity contribution < 1.29 is 13.6 Å². The van der Waals surface area contributed by atoms with Crippen molar-refractivity contribution in [2.75, 3.05) is 13.1 Å². The molecule has 0 saturated carbocycles. The third kappa shape index (κ3) is 3.72. The number of carbonyl (C=O) groups excluding carboxylic acids is 1. The van der Waals surface area contributed by atoms with E-state index < -0.39 is 11.6 Å². The molecule has 1 saturated heterocycles. The fourth-order valence-corrected chi connectivity index (χ4v) is 3.08. The van der Waals surface area contributed by atoms with Crippen LogP contribution in [0.1, 0.15) is 30.9 Å². The van der Waals surface area contributed by atoms with Crippen LogP contribution in [0.25, 0.3) is 0 Å². The Kier molecular flexibility index (Phi) is 5.08. The molecule has 7 heteroatoms. The maximum atomic E-state index is 14.1.